The molecule has 0 bridgehead atoms. The highest BCUT2D eigenvalue weighted by atomic mass is 79.9. The molecule has 1 fully saturated rings. The molecule has 0 aliphatic carbocycles. The predicted octanol–water partition coefficient (Wildman–Crippen LogP) is 4.38. The minimum absolute atomic E-state index is 0.502. The second-order valence-corrected chi connectivity index (χ2v) is 7.26. The third-order valence-corrected chi connectivity index (χ3v) is 6.21. The summed E-state index contributed by atoms with van der Waals surface area (Å²) < 4.78 is 0. The molecule has 0 spiro atoms. The van der Waals surface area contributed by atoms with Crippen LogP contribution in [-0.2, 0) is 0 Å². The second kappa shape index (κ2) is 9.42. The van der Waals surface area contributed by atoms with E-state index < -0.39 is 0 Å². The smallest absolute Gasteiger partial charge is 0.0113 e. The summed E-state index contributed by atoms with van der Waals surface area (Å²) in [6.07, 6.45) is 6.60. The molecule has 1 heterocycles. The molecule has 0 aromatic heterocycles. The van der Waals surface area contributed by atoms with Gasteiger partial charge in [0.15, 0.2) is 0 Å². The first kappa shape index (κ1) is 18.4. The average molecular weight is 347 g/mol. The van der Waals surface area contributed by atoms with E-state index in [0.717, 1.165) is 11.4 Å². The molecule has 1 saturated heterocycles. The molecule has 2 nitrogen and oxygen atoms in total. The Labute approximate surface area is 135 Å². The molecule has 1 atom stereocenters. The fraction of sp³-hybridized carbons (Fsp3) is 1.00. The van der Waals surface area contributed by atoms with E-state index in [9.17, 15) is 0 Å². The molecule has 1 aliphatic rings. The van der Waals surface area contributed by atoms with Crippen molar-refractivity contribution in [2.24, 2.45) is 5.41 Å². The van der Waals surface area contributed by atoms with Gasteiger partial charge in [-0.25, -0.2) is 0 Å². The molecule has 0 radical (unpaired) electrons. The van der Waals surface area contributed by atoms with E-state index in [1.54, 1.807) is 0 Å². The molecule has 120 valence electrons. The molecule has 0 N–H and O–H groups in total. The van der Waals surface area contributed by atoms with Crippen LogP contribution in [-0.4, -0.2) is 53.9 Å². The molecule has 1 aliphatic heterocycles. The van der Waals surface area contributed by atoms with Crippen molar-refractivity contribution in [1.82, 2.24) is 9.80 Å². The lowest BCUT2D eigenvalue weighted by Gasteiger charge is -2.43. The summed E-state index contributed by atoms with van der Waals surface area (Å²) >= 11 is 3.81. The largest absolute Gasteiger partial charge is 0.300 e. The van der Waals surface area contributed by atoms with Gasteiger partial charge in [-0.3, -0.25) is 4.90 Å². The van der Waals surface area contributed by atoms with Gasteiger partial charge in [0, 0.05) is 44.1 Å². The van der Waals surface area contributed by atoms with Crippen LogP contribution in [0.1, 0.15) is 59.8 Å². The minimum Gasteiger partial charge on any atom is -0.300 e. The predicted molar refractivity (Wildman–Crippen MR) is 93.8 cm³/mol. The number of alkyl halides is 1. The zero-order valence-corrected chi connectivity index (χ0v) is 15.7. The van der Waals surface area contributed by atoms with Crippen molar-refractivity contribution in [2.75, 3.05) is 38.1 Å². The summed E-state index contributed by atoms with van der Waals surface area (Å²) in [7, 11) is 0. The van der Waals surface area contributed by atoms with Gasteiger partial charge in [-0.1, -0.05) is 49.5 Å². The first-order valence-corrected chi connectivity index (χ1v) is 9.75. The molecular weight excluding hydrogens is 312 g/mol. The number of nitrogens with zero attached hydrogens (tertiary/aromatic N) is 2. The van der Waals surface area contributed by atoms with E-state index in [2.05, 4.69) is 53.4 Å². The molecule has 0 aromatic rings. The molecule has 0 aromatic carbocycles. The molecule has 20 heavy (non-hydrogen) atoms. The molecule has 0 amide bonds. The van der Waals surface area contributed by atoms with Crippen LogP contribution in [0.2, 0.25) is 0 Å². The van der Waals surface area contributed by atoms with Gasteiger partial charge in [-0.15, -0.1) is 0 Å². The van der Waals surface area contributed by atoms with E-state index in [1.807, 2.05) is 0 Å². The Morgan fingerprint density at radius 2 is 1.55 bits per heavy atom. The zero-order valence-electron chi connectivity index (χ0n) is 14.1. The van der Waals surface area contributed by atoms with E-state index in [0.29, 0.717) is 5.41 Å². The quantitative estimate of drug-likeness (QED) is 0.571. The van der Waals surface area contributed by atoms with Crippen molar-refractivity contribution in [2.45, 2.75) is 65.8 Å². The van der Waals surface area contributed by atoms with Crippen LogP contribution >= 0.6 is 15.9 Å². The second-order valence-electron chi connectivity index (χ2n) is 6.70. The van der Waals surface area contributed by atoms with Crippen molar-refractivity contribution < 1.29 is 0 Å². The zero-order chi connectivity index (χ0) is 15.0. The van der Waals surface area contributed by atoms with Crippen molar-refractivity contribution >= 4 is 15.9 Å². The topological polar surface area (TPSA) is 6.48 Å². The highest BCUT2D eigenvalue weighted by molar-refractivity contribution is 9.09. The Morgan fingerprint density at radius 1 is 1.00 bits per heavy atom. The summed E-state index contributed by atoms with van der Waals surface area (Å²) in [5, 5.41) is 1.16. The molecule has 1 unspecified atom stereocenters. The lowest BCUT2D eigenvalue weighted by Crippen LogP contribution is -2.52. The summed E-state index contributed by atoms with van der Waals surface area (Å²) in [6, 6.07) is 0.754. The number of rotatable bonds is 9. The lowest BCUT2D eigenvalue weighted by molar-refractivity contribution is 0.0660. The maximum atomic E-state index is 3.81. The maximum Gasteiger partial charge on any atom is 0.0113 e. The van der Waals surface area contributed by atoms with Gasteiger partial charge in [0.2, 0.25) is 0 Å². The number of piperazine rings is 1. The van der Waals surface area contributed by atoms with Gasteiger partial charge in [0.05, 0.1) is 0 Å². The van der Waals surface area contributed by atoms with E-state index in [-0.39, 0.29) is 0 Å². The van der Waals surface area contributed by atoms with Crippen molar-refractivity contribution in [3.05, 3.63) is 0 Å². The normalized spacial score (nSPS) is 20.2. The van der Waals surface area contributed by atoms with Gasteiger partial charge < -0.3 is 4.90 Å². The van der Waals surface area contributed by atoms with Crippen LogP contribution in [0, 0.1) is 5.41 Å². The van der Waals surface area contributed by atoms with Crippen LogP contribution in [0.3, 0.4) is 0 Å². The van der Waals surface area contributed by atoms with Gasteiger partial charge in [0.25, 0.3) is 0 Å². The summed E-state index contributed by atoms with van der Waals surface area (Å²) in [5.74, 6) is 0. The highest BCUT2D eigenvalue weighted by Crippen LogP contribution is 2.33. The van der Waals surface area contributed by atoms with E-state index >= 15 is 0 Å². The molecule has 3 heteroatoms. The Hall–Kier alpha value is 0.400. The fourth-order valence-corrected chi connectivity index (χ4v) is 4.35. The van der Waals surface area contributed by atoms with Crippen LogP contribution in [0.15, 0.2) is 0 Å². The third-order valence-electron chi connectivity index (χ3n) is 5.02. The Bertz CT molecular complexity index is 243. The Morgan fingerprint density at radius 3 is 1.95 bits per heavy atom. The first-order chi connectivity index (χ1) is 9.60. The van der Waals surface area contributed by atoms with Crippen molar-refractivity contribution in [3.8, 4) is 0 Å². The van der Waals surface area contributed by atoms with Gasteiger partial charge >= 0.3 is 0 Å². The first-order valence-electron chi connectivity index (χ1n) is 8.63. The monoisotopic (exact) mass is 346 g/mol. The Balaban J connectivity index is 2.50. The van der Waals surface area contributed by atoms with Crippen LogP contribution in [0.4, 0.5) is 0 Å². The van der Waals surface area contributed by atoms with Crippen LogP contribution in [0.25, 0.3) is 0 Å². The third kappa shape index (κ3) is 5.31. The van der Waals surface area contributed by atoms with E-state index in [1.165, 1.54) is 64.8 Å². The van der Waals surface area contributed by atoms with Gasteiger partial charge in [-0.05, 0) is 31.6 Å². The van der Waals surface area contributed by atoms with Crippen LogP contribution in [0.5, 0.6) is 0 Å². The van der Waals surface area contributed by atoms with Gasteiger partial charge in [-0.2, -0.15) is 0 Å². The Kier molecular flexibility index (Phi) is 8.69. The standard InChI is InChI=1S/C17H35BrN2/c1-5-8-17(14-18,9-6-2)15-19-10-12-20(13-11-19)16(4)7-3/h16H,5-15H2,1-4H3. The molecule has 1 rings (SSSR count). The summed E-state index contributed by atoms with van der Waals surface area (Å²) in [5.41, 5.74) is 0.502. The molecular formula is C17H35BrN2. The van der Waals surface area contributed by atoms with Crippen molar-refractivity contribution in [1.29, 1.82) is 0 Å². The number of hydrogen-bond acceptors (Lipinski definition) is 2. The minimum atomic E-state index is 0.502. The summed E-state index contributed by atoms with van der Waals surface area (Å²) in [4.78, 5) is 5.37. The maximum absolute atomic E-state index is 3.81. The van der Waals surface area contributed by atoms with E-state index in [4.69, 9.17) is 0 Å². The SMILES string of the molecule is CCCC(CBr)(CCC)CN1CCN(C(C)CC)CC1. The fourth-order valence-electron chi connectivity index (χ4n) is 3.61. The summed E-state index contributed by atoms with van der Waals surface area (Å²) in [6.45, 7) is 15.6. The highest BCUT2D eigenvalue weighted by Gasteiger charge is 2.31. The lowest BCUT2D eigenvalue weighted by atomic mass is 9.80. The number of hydrogen-bond donors (Lipinski definition) is 0. The van der Waals surface area contributed by atoms with Crippen LogP contribution < -0.4 is 0 Å². The average Bonchev–Trinajstić information content (AvgIpc) is 2.47. The number of halogens is 1. The van der Waals surface area contributed by atoms with Crippen molar-refractivity contribution in [3.63, 3.8) is 0 Å². The molecule has 0 saturated carbocycles. The van der Waals surface area contributed by atoms with Gasteiger partial charge in [0.1, 0.15) is 0 Å².